The minimum absolute atomic E-state index is 0.0404. The first-order valence-electron chi connectivity index (χ1n) is 5.66. The van der Waals surface area contributed by atoms with Crippen LogP contribution in [0.5, 0.6) is 11.5 Å². The van der Waals surface area contributed by atoms with Crippen molar-refractivity contribution in [3.8, 4) is 22.6 Å². The molecule has 3 nitrogen and oxygen atoms in total. The summed E-state index contributed by atoms with van der Waals surface area (Å²) in [4.78, 5) is 10.6. The molecule has 0 unspecified atom stereocenters. The van der Waals surface area contributed by atoms with E-state index < -0.39 is 5.82 Å². The van der Waals surface area contributed by atoms with Gasteiger partial charge in [0.15, 0.2) is 6.29 Å². The fourth-order valence-corrected chi connectivity index (χ4v) is 1.78. The van der Waals surface area contributed by atoms with Gasteiger partial charge in [0.25, 0.3) is 0 Å². The van der Waals surface area contributed by atoms with Gasteiger partial charge in [-0.15, -0.1) is 0 Å². The molecule has 4 heteroatoms. The Bertz CT molecular complexity index is 586. The van der Waals surface area contributed by atoms with Crippen LogP contribution in [0.4, 0.5) is 4.39 Å². The summed E-state index contributed by atoms with van der Waals surface area (Å²) in [6.07, 6.45) is 0.491. The Morgan fingerprint density at radius 2 is 1.58 bits per heavy atom. The van der Waals surface area contributed by atoms with Gasteiger partial charge >= 0.3 is 0 Å². The number of methoxy groups -OCH3 is 2. The number of aldehydes is 1. The Hall–Kier alpha value is -2.36. The van der Waals surface area contributed by atoms with Crippen LogP contribution in [0, 0.1) is 5.82 Å². The van der Waals surface area contributed by atoms with Crippen LogP contribution in [0.25, 0.3) is 11.1 Å². The number of benzene rings is 2. The maximum absolute atomic E-state index is 13.6. The van der Waals surface area contributed by atoms with Crippen molar-refractivity contribution in [1.29, 1.82) is 0 Å². The van der Waals surface area contributed by atoms with Crippen LogP contribution in [0.3, 0.4) is 0 Å². The maximum atomic E-state index is 13.6. The van der Waals surface area contributed by atoms with Crippen LogP contribution in [0.2, 0.25) is 0 Å². The van der Waals surface area contributed by atoms with Gasteiger partial charge in [-0.25, -0.2) is 4.39 Å². The predicted octanol–water partition coefficient (Wildman–Crippen LogP) is 3.32. The summed E-state index contributed by atoms with van der Waals surface area (Å²) in [6.45, 7) is 0. The lowest BCUT2D eigenvalue weighted by atomic mass is 10.0. The van der Waals surface area contributed by atoms with Gasteiger partial charge < -0.3 is 9.47 Å². The van der Waals surface area contributed by atoms with Crippen molar-refractivity contribution in [2.45, 2.75) is 0 Å². The highest BCUT2D eigenvalue weighted by Gasteiger charge is 2.07. The molecule has 0 radical (unpaired) electrons. The molecule has 0 saturated heterocycles. The summed E-state index contributed by atoms with van der Waals surface area (Å²) in [6, 6.07) is 9.73. The van der Waals surface area contributed by atoms with Crippen molar-refractivity contribution in [3.63, 3.8) is 0 Å². The smallest absolute Gasteiger partial charge is 0.152 e. The quantitative estimate of drug-likeness (QED) is 0.791. The molecule has 98 valence electrons. The molecule has 0 bridgehead atoms. The van der Waals surface area contributed by atoms with Gasteiger partial charge in [0.1, 0.15) is 17.3 Å². The van der Waals surface area contributed by atoms with Crippen molar-refractivity contribution < 1.29 is 18.7 Å². The third kappa shape index (κ3) is 2.73. The predicted molar refractivity (Wildman–Crippen MR) is 70.3 cm³/mol. The third-order valence-electron chi connectivity index (χ3n) is 2.81. The molecule has 0 fully saturated rings. The third-order valence-corrected chi connectivity index (χ3v) is 2.81. The Labute approximate surface area is 110 Å². The fraction of sp³-hybridized carbons (Fsp3) is 0.133. The summed E-state index contributed by atoms with van der Waals surface area (Å²) >= 11 is 0. The molecule has 0 amide bonds. The molecule has 0 heterocycles. The van der Waals surface area contributed by atoms with Crippen molar-refractivity contribution in [3.05, 3.63) is 47.8 Å². The number of carbonyl (C=O) groups excluding carboxylic acids is 1. The second-order valence-corrected chi connectivity index (χ2v) is 3.96. The van der Waals surface area contributed by atoms with E-state index in [0.717, 1.165) is 5.56 Å². The zero-order valence-corrected chi connectivity index (χ0v) is 10.6. The Balaban J connectivity index is 2.51. The van der Waals surface area contributed by atoms with E-state index in [4.69, 9.17) is 9.47 Å². The molecule has 2 rings (SSSR count). The van der Waals surface area contributed by atoms with Crippen LogP contribution >= 0.6 is 0 Å². The van der Waals surface area contributed by atoms with Gasteiger partial charge in [0.05, 0.1) is 19.8 Å². The van der Waals surface area contributed by atoms with Gasteiger partial charge in [0, 0.05) is 6.07 Å². The minimum atomic E-state index is -0.547. The molecule has 0 atom stereocenters. The number of carbonyl (C=O) groups is 1. The van der Waals surface area contributed by atoms with Crippen molar-refractivity contribution in [2.75, 3.05) is 14.2 Å². The first-order chi connectivity index (χ1) is 9.17. The van der Waals surface area contributed by atoms with E-state index in [0.29, 0.717) is 23.3 Å². The Morgan fingerprint density at radius 1 is 0.947 bits per heavy atom. The number of halogens is 1. The Morgan fingerprint density at radius 3 is 2.05 bits per heavy atom. The molecule has 0 aliphatic rings. The van der Waals surface area contributed by atoms with E-state index in [1.54, 1.807) is 38.5 Å². The lowest BCUT2D eigenvalue weighted by Crippen LogP contribution is -1.91. The van der Waals surface area contributed by atoms with Gasteiger partial charge in [-0.05, 0) is 35.4 Å². The first kappa shape index (κ1) is 13.1. The van der Waals surface area contributed by atoms with E-state index in [2.05, 4.69) is 0 Å². The second kappa shape index (κ2) is 5.52. The molecular formula is C15H13FO3. The van der Waals surface area contributed by atoms with E-state index in [-0.39, 0.29) is 5.56 Å². The average Bonchev–Trinajstić information content (AvgIpc) is 2.46. The molecule has 0 N–H and O–H groups in total. The molecular weight excluding hydrogens is 247 g/mol. The monoisotopic (exact) mass is 260 g/mol. The molecule has 0 aliphatic carbocycles. The molecule has 2 aromatic rings. The maximum Gasteiger partial charge on any atom is 0.152 e. The summed E-state index contributed by atoms with van der Waals surface area (Å²) in [5.74, 6) is 0.692. The molecule has 0 aromatic heterocycles. The highest BCUT2D eigenvalue weighted by Crippen LogP contribution is 2.30. The SMILES string of the molecule is COc1cc(OC)cc(-c2ccc(C=O)c(F)c2)c1. The number of rotatable bonds is 4. The van der Waals surface area contributed by atoms with Crippen molar-refractivity contribution in [1.82, 2.24) is 0 Å². The topological polar surface area (TPSA) is 35.5 Å². The Kier molecular flexibility index (Phi) is 3.80. The zero-order valence-electron chi connectivity index (χ0n) is 10.6. The van der Waals surface area contributed by atoms with Crippen molar-refractivity contribution in [2.24, 2.45) is 0 Å². The van der Waals surface area contributed by atoms with E-state index in [1.807, 2.05) is 0 Å². The summed E-state index contributed by atoms with van der Waals surface area (Å²) in [7, 11) is 3.10. The zero-order chi connectivity index (χ0) is 13.8. The fourth-order valence-electron chi connectivity index (χ4n) is 1.78. The van der Waals surface area contributed by atoms with Gasteiger partial charge in [0.2, 0.25) is 0 Å². The standard InChI is InChI=1S/C15H13FO3/c1-18-13-5-12(6-14(8-13)19-2)10-3-4-11(9-17)15(16)7-10/h3-9H,1-2H3. The summed E-state index contributed by atoms with van der Waals surface area (Å²) in [5, 5.41) is 0. The number of hydrogen-bond acceptors (Lipinski definition) is 3. The summed E-state index contributed by atoms with van der Waals surface area (Å²) in [5.41, 5.74) is 1.45. The molecule has 0 aliphatic heterocycles. The second-order valence-electron chi connectivity index (χ2n) is 3.96. The van der Waals surface area contributed by atoms with Crippen LogP contribution < -0.4 is 9.47 Å². The lowest BCUT2D eigenvalue weighted by Gasteiger charge is -2.09. The van der Waals surface area contributed by atoms with Crippen LogP contribution in [-0.2, 0) is 0 Å². The lowest BCUT2D eigenvalue weighted by molar-refractivity contribution is 0.112. The van der Waals surface area contributed by atoms with Crippen LogP contribution in [0.1, 0.15) is 10.4 Å². The molecule has 19 heavy (non-hydrogen) atoms. The average molecular weight is 260 g/mol. The highest BCUT2D eigenvalue weighted by molar-refractivity contribution is 5.78. The van der Waals surface area contributed by atoms with E-state index in [9.17, 15) is 9.18 Å². The largest absolute Gasteiger partial charge is 0.497 e. The van der Waals surface area contributed by atoms with Crippen LogP contribution in [-0.4, -0.2) is 20.5 Å². The molecule has 0 saturated carbocycles. The van der Waals surface area contributed by atoms with Gasteiger partial charge in [-0.2, -0.15) is 0 Å². The molecule has 2 aromatic carbocycles. The number of ether oxygens (including phenoxy) is 2. The minimum Gasteiger partial charge on any atom is -0.497 e. The normalized spacial score (nSPS) is 10.1. The van der Waals surface area contributed by atoms with Gasteiger partial charge in [-0.3, -0.25) is 4.79 Å². The van der Waals surface area contributed by atoms with Gasteiger partial charge in [-0.1, -0.05) is 6.07 Å². The highest BCUT2D eigenvalue weighted by atomic mass is 19.1. The van der Waals surface area contributed by atoms with Crippen molar-refractivity contribution >= 4 is 6.29 Å². The van der Waals surface area contributed by atoms with E-state index in [1.165, 1.54) is 12.1 Å². The number of hydrogen-bond donors (Lipinski definition) is 0. The summed E-state index contributed by atoms with van der Waals surface area (Å²) < 4.78 is 23.9. The molecule has 0 spiro atoms. The van der Waals surface area contributed by atoms with E-state index >= 15 is 0 Å². The first-order valence-corrected chi connectivity index (χ1v) is 5.66. The van der Waals surface area contributed by atoms with Crippen LogP contribution in [0.15, 0.2) is 36.4 Å².